The summed E-state index contributed by atoms with van der Waals surface area (Å²) in [5.74, 6) is 0.651. The van der Waals surface area contributed by atoms with Gasteiger partial charge in [0.05, 0.1) is 7.11 Å². The first kappa shape index (κ1) is 14.7. The molecular weight excluding hydrogens is 224 g/mol. The van der Waals surface area contributed by atoms with Gasteiger partial charge in [-0.05, 0) is 38.8 Å². The molecule has 0 spiro atoms. The molecule has 0 atom stereocenters. The lowest BCUT2D eigenvalue weighted by Gasteiger charge is -2.21. The molecular formula is C15H24N2O. The van der Waals surface area contributed by atoms with Crippen LogP contribution in [0.1, 0.15) is 39.7 Å². The van der Waals surface area contributed by atoms with Gasteiger partial charge in [-0.2, -0.15) is 0 Å². The highest BCUT2D eigenvalue weighted by Crippen LogP contribution is 2.12. The number of nitrogens with one attached hydrogen (secondary N) is 1. The van der Waals surface area contributed by atoms with Crippen LogP contribution in [-0.2, 0) is 0 Å². The van der Waals surface area contributed by atoms with Crippen molar-refractivity contribution in [3.63, 3.8) is 0 Å². The van der Waals surface area contributed by atoms with Gasteiger partial charge in [0.25, 0.3) is 0 Å². The van der Waals surface area contributed by atoms with E-state index in [-0.39, 0.29) is 5.54 Å². The highest BCUT2D eigenvalue weighted by atomic mass is 16.5. The van der Waals surface area contributed by atoms with Gasteiger partial charge in [0.2, 0.25) is 5.88 Å². The second-order valence-electron chi connectivity index (χ2n) is 5.39. The van der Waals surface area contributed by atoms with E-state index in [1.54, 1.807) is 7.11 Å². The van der Waals surface area contributed by atoms with E-state index >= 15 is 0 Å². The Morgan fingerprint density at radius 2 is 2.11 bits per heavy atom. The third kappa shape index (κ3) is 5.32. The first-order chi connectivity index (χ1) is 8.44. The Labute approximate surface area is 110 Å². The van der Waals surface area contributed by atoms with Gasteiger partial charge in [0.1, 0.15) is 0 Å². The molecule has 0 unspecified atom stereocenters. The summed E-state index contributed by atoms with van der Waals surface area (Å²) in [6.07, 6.45) is 5.06. The van der Waals surface area contributed by atoms with Gasteiger partial charge in [-0.25, -0.2) is 4.98 Å². The van der Waals surface area contributed by atoms with Crippen molar-refractivity contribution in [1.82, 2.24) is 10.3 Å². The van der Waals surface area contributed by atoms with Crippen molar-refractivity contribution < 1.29 is 4.74 Å². The van der Waals surface area contributed by atoms with Gasteiger partial charge in [-0.3, -0.25) is 0 Å². The third-order valence-corrected chi connectivity index (χ3v) is 2.64. The van der Waals surface area contributed by atoms with Crippen LogP contribution < -0.4 is 10.1 Å². The molecule has 0 saturated heterocycles. The number of methoxy groups -OCH3 is 1. The average Bonchev–Trinajstić information content (AvgIpc) is 2.34. The van der Waals surface area contributed by atoms with Crippen molar-refractivity contribution in [1.29, 1.82) is 0 Å². The lowest BCUT2D eigenvalue weighted by molar-refractivity contribution is 0.398. The highest BCUT2D eigenvalue weighted by molar-refractivity contribution is 5.52. The fourth-order valence-electron chi connectivity index (χ4n) is 1.49. The molecule has 1 heterocycles. The quantitative estimate of drug-likeness (QED) is 0.868. The minimum absolute atomic E-state index is 0.145. The molecule has 100 valence electrons. The molecule has 0 radical (unpaired) electrons. The summed E-state index contributed by atoms with van der Waals surface area (Å²) < 4.78 is 5.05. The summed E-state index contributed by atoms with van der Waals surface area (Å²) >= 11 is 0. The first-order valence-corrected chi connectivity index (χ1v) is 6.39. The molecule has 0 amide bonds. The van der Waals surface area contributed by atoms with E-state index in [2.05, 4.69) is 44.1 Å². The van der Waals surface area contributed by atoms with Crippen molar-refractivity contribution in [2.24, 2.45) is 0 Å². The second kappa shape index (κ2) is 6.55. The van der Waals surface area contributed by atoms with Gasteiger partial charge in [-0.15, -0.1) is 0 Å². The van der Waals surface area contributed by atoms with E-state index in [0.717, 1.165) is 18.5 Å². The SMILES string of the molecule is CC/C(=C/c1ccc(OC)nc1)CNC(C)(C)C. The molecule has 0 fully saturated rings. The summed E-state index contributed by atoms with van der Waals surface area (Å²) in [4.78, 5) is 4.21. The standard InChI is InChI=1S/C15H24N2O/c1-6-12(11-17-15(2,3)4)9-13-7-8-14(18-5)16-10-13/h7-10,17H,6,11H2,1-5H3/b12-9-. The van der Waals surface area contributed by atoms with Crippen LogP contribution in [0.3, 0.4) is 0 Å². The number of nitrogens with zero attached hydrogens (tertiary/aromatic N) is 1. The first-order valence-electron chi connectivity index (χ1n) is 6.39. The van der Waals surface area contributed by atoms with Crippen molar-refractivity contribution in [2.75, 3.05) is 13.7 Å². The Hall–Kier alpha value is -1.35. The van der Waals surface area contributed by atoms with Crippen LogP contribution in [-0.4, -0.2) is 24.2 Å². The summed E-state index contributed by atoms with van der Waals surface area (Å²) in [6.45, 7) is 9.61. The number of hydrogen-bond acceptors (Lipinski definition) is 3. The Morgan fingerprint density at radius 3 is 2.56 bits per heavy atom. The van der Waals surface area contributed by atoms with E-state index in [9.17, 15) is 0 Å². The number of ether oxygens (including phenoxy) is 1. The molecule has 1 aromatic heterocycles. The van der Waals surface area contributed by atoms with Crippen LogP contribution in [0, 0.1) is 0 Å². The summed E-state index contributed by atoms with van der Waals surface area (Å²) in [5.41, 5.74) is 2.63. The van der Waals surface area contributed by atoms with Crippen molar-refractivity contribution in [3.05, 3.63) is 29.5 Å². The van der Waals surface area contributed by atoms with E-state index in [4.69, 9.17) is 4.74 Å². The zero-order valence-electron chi connectivity index (χ0n) is 12.1. The predicted molar refractivity (Wildman–Crippen MR) is 76.8 cm³/mol. The molecule has 1 aromatic rings. The normalized spacial score (nSPS) is 12.6. The van der Waals surface area contributed by atoms with Crippen LogP contribution in [0.15, 0.2) is 23.9 Å². The molecule has 0 bridgehead atoms. The number of hydrogen-bond donors (Lipinski definition) is 1. The lowest BCUT2D eigenvalue weighted by atomic mass is 10.1. The number of rotatable bonds is 5. The Kier molecular flexibility index (Phi) is 5.35. The number of aromatic nitrogens is 1. The highest BCUT2D eigenvalue weighted by Gasteiger charge is 2.08. The van der Waals surface area contributed by atoms with Crippen LogP contribution in [0.25, 0.3) is 6.08 Å². The van der Waals surface area contributed by atoms with Crippen molar-refractivity contribution in [2.45, 2.75) is 39.7 Å². The summed E-state index contributed by atoms with van der Waals surface area (Å²) in [5, 5.41) is 3.50. The molecule has 0 saturated carbocycles. The largest absolute Gasteiger partial charge is 0.481 e. The van der Waals surface area contributed by atoms with Crippen LogP contribution >= 0.6 is 0 Å². The smallest absolute Gasteiger partial charge is 0.212 e. The topological polar surface area (TPSA) is 34.1 Å². The molecule has 3 heteroatoms. The average molecular weight is 248 g/mol. The monoisotopic (exact) mass is 248 g/mol. The Balaban J connectivity index is 2.70. The van der Waals surface area contributed by atoms with E-state index in [0.29, 0.717) is 5.88 Å². The zero-order chi connectivity index (χ0) is 13.6. The second-order valence-corrected chi connectivity index (χ2v) is 5.39. The van der Waals surface area contributed by atoms with Gasteiger partial charge in [0.15, 0.2) is 0 Å². The minimum atomic E-state index is 0.145. The van der Waals surface area contributed by atoms with Crippen molar-refractivity contribution >= 4 is 6.08 Å². The maximum absolute atomic E-state index is 5.05. The number of pyridine rings is 1. The summed E-state index contributed by atoms with van der Waals surface area (Å²) in [7, 11) is 1.63. The predicted octanol–water partition coefficient (Wildman–Crippen LogP) is 3.27. The van der Waals surface area contributed by atoms with Crippen LogP contribution in [0.2, 0.25) is 0 Å². The van der Waals surface area contributed by atoms with E-state index in [1.165, 1.54) is 5.57 Å². The van der Waals surface area contributed by atoms with Gasteiger partial charge >= 0.3 is 0 Å². The summed E-state index contributed by atoms with van der Waals surface area (Å²) in [6, 6.07) is 3.91. The van der Waals surface area contributed by atoms with Gasteiger partial charge < -0.3 is 10.1 Å². The molecule has 0 aliphatic heterocycles. The van der Waals surface area contributed by atoms with E-state index < -0.39 is 0 Å². The molecule has 1 N–H and O–H groups in total. The molecule has 0 aliphatic carbocycles. The minimum Gasteiger partial charge on any atom is -0.481 e. The van der Waals surface area contributed by atoms with E-state index in [1.807, 2.05) is 18.3 Å². The van der Waals surface area contributed by atoms with Crippen molar-refractivity contribution in [3.8, 4) is 5.88 Å². The maximum atomic E-state index is 5.05. The molecule has 3 nitrogen and oxygen atoms in total. The van der Waals surface area contributed by atoms with Crippen LogP contribution in [0.5, 0.6) is 5.88 Å². The maximum Gasteiger partial charge on any atom is 0.212 e. The molecule has 18 heavy (non-hydrogen) atoms. The fraction of sp³-hybridized carbons (Fsp3) is 0.533. The lowest BCUT2D eigenvalue weighted by Crippen LogP contribution is -2.36. The van der Waals surface area contributed by atoms with Crippen LogP contribution in [0.4, 0.5) is 0 Å². The van der Waals surface area contributed by atoms with Gasteiger partial charge in [0, 0.05) is 24.3 Å². The molecule has 0 aromatic carbocycles. The Bertz CT molecular complexity index is 388. The Morgan fingerprint density at radius 1 is 1.39 bits per heavy atom. The molecule has 0 aliphatic rings. The fourth-order valence-corrected chi connectivity index (χ4v) is 1.49. The zero-order valence-corrected chi connectivity index (χ0v) is 12.1. The van der Waals surface area contributed by atoms with Gasteiger partial charge in [-0.1, -0.05) is 18.6 Å². The third-order valence-electron chi connectivity index (χ3n) is 2.64. The molecule has 1 rings (SSSR count).